The molecule has 1 heterocycles. The predicted molar refractivity (Wildman–Crippen MR) is 120 cm³/mol. The normalized spacial score (nSPS) is 11.6. The molecule has 0 aliphatic heterocycles. The van der Waals surface area contributed by atoms with Gasteiger partial charge in [0.2, 0.25) is 5.69 Å². The minimum Gasteiger partial charge on any atom is -0.507 e. The number of pyridine rings is 1. The standard InChI is InChI=1S/C22H17NO2.CH4O4S/c1-23-17(11-9-16-6-4-8-21(25)22(16)23)12-13-19-18-7-3-2-5-15(18)10-14-20(19)24;1-5-6(2,3)4/h2-14,25H,1H3;1H3,(H,2,3,4)/p+1. The maximum atomic E-state index is 10.3. The van der Waals surface area contributed by atoms with Gasteiger partial charge in [0.25, 0.3) is 5.52 Å². The lowest BCUT2D eigenvalue weighted by Crippen LogP contribution is -2.32. The van der Waals surface area contributed by atoms with E-state index >= 15 is 0 Å². The first-order valence-electron chi connectivity index (χ1n) is 9.24. The summed E-state index contributed by atoms with van der Waals surface area (Å²) < 4.78 is 31.7. The molecule has 0 aliphatic rings. The van der Waals surface area contributed by atoms with Crippen molar-refractivity contribution in [2.24, 2.45) is 7.05 Å². The molecule has 7 nitrogen and oxygen atoms in total. The second kappa shape index (κ2) is 9.13. The smallest absolute Gasteiger partial charge is 0.397 e. The number of phenolic OH excluding ortho intramolecular Hbond substituents is 2. The lowest BCUT2D eigenvalue weighted by atomic mass is 10.0. The van der Waals surface area contributed by atoms with Crippen LogP contribution < -0.4 is 4.57 Å². The number of aromatic nitrogens is 1. The molecule has 160 valence electrons. The summed E-state index contributed by atoms with van der Waals surface area (Å²) in [5.74, 6) is 0.504. The van der Waals surface area contributed by atoms with Gasteiger partial charge in [-0.15, -0.1) is 0 Å². The summed E-state index contributed by atoms with van der Waals surface area (Å²) in [5, 5.41) is 23.5. The molecule has 0 spiro atoms. The number of para-hydroxylation sites is 1. The number of hydrogen-bond acceptors (Lipinski definition) is 5. The zero-order valence-corrected chi connectivity index (χ0v) is 17.7. The van der Waals surface area contributed by atoms with E-state index in [1.165, 1.54) is 0 Å². The van der Waals surface area contributed by atoms with E-state index < -0.39 is 10.4 Å². The number of fused-ring (bicyclic) bond motifs is 2. The van der Waals surface area contributed by atoms with E-state index in [1.807, 2.05) is 78.4 Å². The Bertz CT molecular complexity index is 1380. The van der Waals surface area contributed by atoms with Crippen molar-refractivity contribution in [3.63, 3.8) is 0 Å². The Morgan fingerprint density at radius 2 is 1.48 bits per heavy atom. The maximum Gasteiger partial charge on any atom is 0.397 e. The Labute approximate surface area is 180 Å². The minimum atomic E-state index is -4.16. The largest absolute Gasteiger partial charge is 0.507 e. The molecule has 3 N–H and O–H groups in total. The number of hydrogen-bond donors (Lipinski definition) is 3. The molecule has 0 amide bonds. The van der Waals surface area contributed by atoms with Gasteiger partial charge in [0.05, 0.1) is 12.5 Å². The fraction of sp³-hybridized carbons (Fsp3) is 0.0870. The van der Waals surface area contributed by atoms with E-state index in [2.05, 4.69) is 4.18 Å². The van der Waals surface area contributed by atoms with Gasteiger partial charge in [-0.05, 0) is 41.1 Å². The second-order valence-corrected chi connectivity index (χ2v) is 7.87. The Morgan fingerprint density at radius 3 is 2.19 bits per heavy atom. The molecular weight excluding hydrogens is 418 g/mol. The number of aromatic hydroxyl groups is 2. The molecule has 3 aromatic carbocycles. The highest BCUT2D eigenvalue weighted by molar-refractivity contribution is 7.80. The number of phenols is 2. The van der Waals surface area contributed by atoms with Crippen LogP contribution in [-0.2, 0) is 21.6 Å². The third-order valence-electron chi connectivity index (χ3n) is 4.78. The molecule has 0 saturated heterocycles. The molecular formula is C23H22NO6S+. The van der Waals surface area contributed by atoms with Crippen molar-refractivity contribution in [2.45, 2.75) is 0 Å². The summed E-state index contributed by atoms with van der Waals surface area (Å²) in [6.07, 6.45) is 3.87. The van der Waals surface area contributed by atoms with E-state index in [1.54, 1.807) is 12.1 Å². The molecule has 0 bridgehead atoms. The van der Waals surface area contributed by atoms with E-state index in [-0.39, 0.29) is 11.5 Å². The molecule has 0 unspecified atom stereocenters. The van der Waals surface area contributed by atoms with E-state index in [0.717, 1.165) is 40.0 Å². The topological polar surface area (TPSA) is 108 Å². The van der Waals surface area contributed by atoms with Crippen LogP contribution in [0.15, 0.2) is 66.7 Å². The van der Waals surface area contributed by atoms with Gasteiger partial charge in [0.15, 0.2) is 5.75 Å². The molecule has 8 heteroatoms. The highest BCUT2D eigenvalue weighted by Gasteiger charge is 2.13. The van der Waals surface area contributed by atoms with Crippen LogP contribution in [0.2, 0.25) is 0 Å². The van der Waals surface area contributed by atoms with Crippen molar-refractivity contribution < 1.29 is 31.9 Å². The number of rotatable bonds is 3. The summed E-state index contributed by atoms with van der Waals surface area (Å²) in [6, 6.07) is 21.1. The van der Waals surface area contributed by atoms with E-state index in [0.29, 0.717) is 0 Å². The average molecular weight is 440 g/mol. The van der Waals surface area contributed by atoms with E-state index in [4.69, 9.17) is 4.55 Å². The lowest BCUT2D eigenvalue weighted by molar-refractivity contribution is -0.646. The predicted octanol–water partition coefficient (Wildman–Crippen LogP) is 3.83. The zero-order chi connectivity index (χ0) is 22.6. The molecule has 31 heavy (non-hydrogen) atoms. The summed E-state index contributed by atoms with van der Waals surface area (Å²) in [4.78, 5) is 0. The highest BCUT2D eigenvalue weighted by atomic mass is 32.3. The highest BCUT2D eigenvalue weighted by Crippen LogP contribution is 2.29. The molecule has 4 aromatic rings. The van der Waals surface area contributed by atoms with Gasteiger partial charge in [-0.25, -0.2) is 0 Å². The third kappa shape index (κ3) is 5.18. The molecule has 0 atom stereocenters. The Morgan fingerprint density at radius 1 is 0.839 bits per heavy atom. The van der Waals surface area contributed by atoms with Crippen molar-refractivity contribution in [1.29, 1.82) is 0 Å². The van der Waals surface area contributed by atoms with Gasteiger partial charge in [0.1, 0.15) is 12.8 Å². The first kappa shape index (κ1) is 22.2. The zero-order valence-electron chi connectivity index (χ0n) is 16.9. The van der Waals surface area contributed by atoms with Crippen LogP contribution in [0.4, 0.5) is 0 Å². The van der Waals surface area contributed by atoms with Gasteiger partial charge in [-0.3, -0.25) is 8.74 Å². The Balaban J connectivity index is 0.000000401. The van der Waals surface area contributed by atoms with Gasteiger partial charge < -0.3 is 10.2 Å². The van der Waals surface area contributed by atoms with Gasteiger partial charge in [-0.1, -0.05) is 36.4 Å². The average Bonchev–Trinajstić information content (AvgIpc) is 2.74. The van der Waals surface area contributed by atoms with Crippen molar-refractivity contribution in [3.05, 3.63) is 78.0 Å². The van der Waals surface area contributed by atoms with Crippen molar-refractivity contribution in [1.82, 2.24) is 0 Å². The fourth-order valence-electron chi connectivity index (χ4n) is 3.26. The van der Waals surface area contributed by atoms with Crippen LogP contribution in [0.25, 0.3) is 33.8 Å². The summed E-state index contributed by atoms with van der Waals surface area (Å²) in [5.41, 5.74) is 2.50. The van der Waals surface area contributed by atoms with Crippen LogP contribution in [0.1, 0.15) is 11.3 Å². The van der Waals surface area contributed by atoms with Crippen LogP contribution in [-0.4, -0.2) is 30.3 Å². The summed E-state index contributed by atoms with van der Waals surface area (Å²) in [6.45, 7) is 0. The third-order valence-corrected chi connectivity index (χ3v) is 5.20. The summed E-state index contributed by atoms with van der Waals surface area (Å²) >= 11 is 0. The number of aryl methyl sites for hydroxylation is 1. The maximum absolute atomic E-state index is 10.3. The molecule has 0 fully saturated rings. The van der Waals surface area contributed by atoms with Crippen LogP contribution in [0, 0.1) is 0 Å². The van der Waals surface area contributed by atoms with Crippen molar-refractivity contribution in [2.75, 3.05) is 7.11 Å². The summed E-state index contributed by atoms with van der Waals surface area (Å²) in [7, 11) is -1.37. The Kier molecular flexibility index (Phi) is 6.55. The van der Waals surface area contributed by atoms with Crippen molar-refractivity contribution >= 4 is 44.2 Å². The monoisotopic (exact) mass is 440 g/mol. The first-order valence-corrected chi connectivity index (χ1v) is 10.6. The van der Waals surface area contributed by atoms with Crippen LogP contribution in [0.5, 0.6) is 11.5 Å². The van der Waals surface area contributed by atoms with Gasteiger partial charge in [-0.2, -0.15) is 13.0 Å². The quantitative estimate of drug-likeness (QED) is 0.330. The van der Waals surface area contributed by atoms with Gasteiger partial charge >= 0.3 is 10.4 Å². The second-order valence-electron chi connectivity index (χ2n) is 6.68. The van der Waals surface area contributed by atoms with Crippen LogP contribution in [0.3, 0.4) is 0 Å². The number of nitrogens with zero attached hydrogens (tertiary/aromatic N) is 1. The van der Waals surface area contributed by atoms with E-state index in [9.17, 15) is 18.6 Å². The molecule has 0 aliphatic carbocycles. The minimum absolute atomic E-state index is 0.251. The lowest BCUT2D eigenvalue weighted by Gasteiger charge is -2.05. The first-order chi connectivity index (χ1) is 14.7. The van der Waals surface area contributed by atoms with Crippen LogP contribution >= 0.6 is 0 Å². The molecule has 0 saturated carbocycles. The number of benzene rings is 3. The van der Waals surface area contributed by atoms with Gasteiger partial charge in [0, 0.05) is 17.7 Å². The SMILES string of the molecule is COS(=O)(=O)O.C[n+]1c(/C=C/c2c(O)ccc3ccccc23)ccc2cccc(O)c21. The molecule has 0 radical (unpaired) electrons. The Hall–Kier alpha value is -3.46. The van der Waals surface area contributed by atoms with Crippen molar-refractivity contribution in [3.8, 4) is 11.5 Å². The molecule has 4 rings (SSSR count). The molecule has 1 aromatic heterocycles. The fourth-order valence-corrected chi connectivity index (χ4v) is 3.26.